The first-order chi connectivity index (χ1) is 9.72. The van der Waals surface area contributed by atoms with Crippen molar-refractivity contribution in [1.82, 2.24) is 15.2 Å². The first kappa shape index (κ1) is 14.5. The zero-order valence-electron chi connectivity index (χ0n) is 12.8. The van der Waals surface area contributed by atoms with Crippen LogP contribution in [0.1, 0.15) is 48.9 Å². The molecular weight excluding hydrogens is 266 g/mol. The Bertz CT molecular complexity index is 425. The third kappa shape index (κ3) is 3.41. The predicted molar refractivity (Wildman–Crippen MR) is 85.1 cm³/mol. The molecule has 1 N–H and O–H groups in total. The molecule has 0 amide bonds. The van der Waals surface area contributed by atoms with Crippen LogP contribution in [0.25, 0.3) is 0 Å². The number of rotatable bonds is 3. The molecule has 0 spiro atoms. The molecule has 20 heavy (non-hydrogen) atoms. The van der Waals surface area contributed by atoms with Crippen molar-refractivity contribution in [3.63, 3.8) is 0 Å². The van der Waals surface area contributed by atoms with Crippen LogP contribution < -0.4 is 5.32 Å². The molecule has 0 aromatic carbocycles. The molecule has 2 heterocycles. The van der Waals surface area contributed by atoms with Crippen molar-refractivity contribution in [1.29, 1.82) is 0 Å². The number of nitrogens with one attached hydrogen (secondary N) is 1. The van der Waals surface area contributed by atoms with Crippen LogP contribution in [0.15, 0.2) is 6.20 Å². The summed E-state index contributed by atoms with van der Waals surface area (Å²) in [6.45, 7) is 7.87. The summed E-state index contributed by atoms with van der Waals surface area (Å²) in [6, 6.07) is 1.35. The minimum absolute atomic E-state index is 0.636. The number of hydrogen-bond acceptors (Lipinski definition) is 4. The lowest BCUT2D eigenvalue weighted by Crippen LogP contribution is -2.57. The summed E-state index contributed by atoms with van der Waals surface area (Å²) in [5, 5.41) is 4.99. The number of piperazine rings is 1. The third-order valence-electron chi connectivity index (χ3n) is 4.98. The number of hydrogen-bond donors (Lipinski definition) is 1. The smallest absolute Gasteiger partial charge is 0.0897 e. The SMILES string of the molecule is Cc1ncc(CN2CC(C3CCCCC3)NCC2C)s1. The Labute approximate surface area is 126 Å². The maximum Gasteiger partial charge on any atom is 0.0897 e. The highest BCUT2D eigenvalue weighted by Crippen LogP contribution is 2.29. The van der Waals surface area contributed by atoms with Crippen LogP contribution in [-0.4, -0.2) is 35.1 Å². The molecule has 1 saturated carbocycles. The van der Waals surface area contributed by atoms with E-state index < -0.39 is 0 Å². The Morgan fingerprint density at radius 2 is 2.15 bits per heavy atom. The Balaban J connectivity index is 1.60. The van der Waals surface area contributed by atoms with E-state index in [1.54, 1.807) is 0 Å². The normalized spacial score (nSPS) is 29.7. The molecule has 1 aromatic heterocycles. The molecule has 1 aliphatic heterocycles. The fraction of sp³-hybridized carbons (Fsp3) is 0.812. The van der Waals surface area contributed by atoms with Crippen LogP contribution in [0.4, 0.5) is 0 Å². The van der Waals surface area contributed by atoms with E-state index in [1.807, 2.05) is 11.3 Å². The zero-order chi connectivity index (χ0) is 13.9. The summed E-state index contributed by atoms with van der Waals surface area (Å²) < 4.78 is 0. The molecule has 1 aromatic rings. The predicted octanol–water partition coefficient (Wildman–Crippen LogP) is 3.19. The average molecular weight is 293 g/mol. The topological polar surface area (TPSA) is 28.2 Å². The molecule has 1 saturated heterocycles. The first-order valence-electron chi connectivity index (χ1n) is 8.11. The molecule has 1 aliphatic carbocycles. The Morgan fingerprint density at radius 1 is 1.35 bits per heavy atom. The molecule has 112 valence electrons. The Morgan fingerprint density at radius 3 is 2.85 bits per heavy atom. The van der Waals surface area contributed by atoms with Crippen molar-refractivity contribution < 1.29 is 0 Å². The lowest BCUT2D eigenvalue weighted by atomic mass is 9.82. The van der Waals surface area contributed by atoms with Crippen LogP contribution in [0.5, 0.6) is 0 Å². The van der Waals surface area contributed by atoms with Gasteiger partial charge in [0.15, 0.2) is 0 Å². The molecule has 0 radical (unpaired) electrons. The second-order valence-corrected chi connectivity index (χ2v) is 7.86. The van der Waals surface area contributed by atoms with E-state index in [0.29, 0.717) is 12.1 Å². The van der Waals surface area contributed by atoms with Crippen molar-refractivity contribution >= 4 is 11.3 Å². The van der Waals surface area contributed by atoms with Crippen molar-refractivity contribution in [2.75, 3.05) is 13.1 Å². The van der Waals surface area contributed by atoms with E-state index in [2.05, 4.69) is 35.2 Å². The Hall–Kier alpha value is -0.450. The fourth-order valence-corrected chi connectivity index (χ4v) is 4.52. The van der Waals surface area contributed by atoms with Gasteiger partial charge in [-0.3, -0.25) is 4.90 Å². The molecule has 3 nitrogen and oxygen atoms in total. The molecule has 4 heteroatoms. The molecule has 2 atom stereocenters. The quantitative estimate of drug-likeness (QED) is 0.927. The molecule has 3 rings (SSSR count). The van der Waals surface area contributed by atoms with Crippen molar-refractivity contribution in [2.45, 2.75) is 64.6 Å². The minimum Gasteiger partial charge on any atom is -0.311 e. The fourth-order valence-electron chi connectivity index (χ4n) is 3.70. The van der Waals surface area contributed by atoms with Gasteiger partial charge in [0.1, 0.15) is 0 Å². The van der Waals surface area contributed by atoms with Crippen LogP contribution >= 0.6 is 11.3 Å². The van der Waals surface area contributed by atoms with Crippen molar-refractivity contribution in [2.24, 2.45) is 5.92 Å². The largest absolute Gasteiger partial charge is 0.311 e. The number of nitrogens with zero attached hydrogens (tertiary/aromatic N) is 2. The van der Waals surface area contributed by atoms with Crippen molar-refractivity contribution in [3.05, 3.63) is 16.1 Å². The van der Waals surface area contributed by atoms with Gasteiger partial charge in [0, 0.05) is 42.8 Å². The van der Waals surface area contributed by atoms with Crippen LogP contribution in [0, 0.1) is 12.8 Å². The summed E-state index contributed by atoms with van der Waals surface area (Å²) in [5.41, 5.74) is 0. The first-order valence-corrected chi connectivity index (χ1v) is 8.93. The summed E-state index contributed by atoms with van der Waals surface area (Å²) in [4.78, 5) is 8.46. The van der Waals surface area contributed by atoms with Gasteiger partial charge in [0.25, 0.3) is 0 Å². The van der Waals surface area contributed by atoms with Gasteiger partial charge in [0.05, 0.1) is 5.01 Å². The van der Waals surface area contributed by atoms with Crippen LogP contribution in [0.2, 0.25) is 0 Å². The van der Waals surface area contributed by atoms with E-state index in [-0.39, 0.29) is 0 Å². The second-order valence-electron chi connectivity index (χ2n) is 6.54. The van der Waals surface area contributed by atoms with E-state index in [0.717, 1.165) is 19.0 Å². The number of thiazole rings is 1. The maximum atomic E-state index is 4.39. The Kier molecular flexibility index (Phi) is 4.74. The molecule has 2 unspecified atom stereocenters. The van der Waals surface area contributed by atoms with Gasteiger partial charge >= 0.3 is 0 Å². The summed E-state index contributed by atoms with van der Waals surface area (Å²) >= 11 is 1.85. The lowest BCUT2D eigenvalue weighted by Gasteiger charge is -2.42. The van der Waals surface area contributed by atoms with Gasteiger partial charge in [-0.15, -0.1) is 11.3 Å². The van der Waals surface area contributed by atoms with Gasteiger partial charge < -0.3 is 5.32 Å². The average Bonchev–Trinajstić information content (AvgIpc) is 2.88. The number of aromatic nitrogens is 1. The standard InChI is InChI=1S/C16H27N3S/c1-12-8-18-16(14-6-4-3-5-7-14)11-19(12)10-15-9-17-13(2)20-15/h9,12,14,16,18H,3-8,10-11H2,1-2H3. The van der Waals surface area contributed by atoms with Crippen LogP contribution in [0.3, 0.4) is 0 Å². The van der Waals surface area contributed by atoms with Gasteiger partial charge in [-0.1, -0.05) is 19.3 Å². The second kappa shape index (κ2) is 6.54. The summed E-state index contributed by atoms with van der Waals surface area (Å²) in [6.07, 6.45) is 9.24. The third-order valence-corrected chi connectivity index (χ3v) is 5.87. The lowest BCUT2D eigenvalue weighted by molar-refractivity contribution is 0.0989. The minimum atomic E-state index is 0.636. The summed E-state index contributed by atoms with van der Waals surface area (Å²) in [5.74, 6) is 0.905. The zero-order valence-corrected chi connectivity index (χ0v) is 13.6. The highest BCUT2D eigenvalue weighted by atomic mass is 32.1. The highest BCUT2D eigenvalue weighted by molar-refractivity contribution is 7.11. The molecule has 0 bridgehead atoms. The summed E-state index contributed by atoms with van der Waals surface area (Å²) in [7, 11) is 0. The maximum absolute atomic E-state index is 4.39. The molecule has 2 aliphatic rings. The van der Waals surface area contributed by atoms with Crippen LogP contribution in [-0.2, 0) is 6.54 Å². The monoisotopic (exact) mass is 293 g/mol. The number of aryl methyl sites for hydroxylation is 1. The molecule has 2 fully saturated rings. The van der Waals surface area contributed by atoms with Crippen molar-refractivity contribution in [3.8, 4) is 0 Å². The van der Waals surface area contributed by atoms with Gasteiger partial charge in [-0.25, -0.2) is 4.98 Å². The van der Waals surface area contributed by atoms with Gasteiger partial charge in [-0.2, -0.15) is 0 Å². The highest BCUT2D eigenvalue weighted by Gasteiger charge is 2.31. The van der Waals surface area contributed by atoms with Gasteiger partial charge in [0.2, 0.25) is 0 Å². The van der Waals surface area contributed by atoms with E-state index in [9.17, 15) is 0 Å². The van der Waals surface area contributed by atoms with Gasteiger partial charge in [-0.05, 0) is 32.6 Å². The van der Waals surface area contributed by atoms with E-state index in [1.165, 1.54) is 48.5 Å². The molecular formula is C16H27N3S. The van der Waals surface area contributed by atoms with E-state index in [4.69, 9.17) is 0 Å². The van der Waals surface area contributed by atoms with E-state index >= 15 is 0 Å².